The quantitative estimate of drug-likeness (QED) is 0.377. The maximum absolute atomic E-state index is 11.6. The first-order valence-electron chi connectivity index (χ1n) is 12.4. The Bertz CT molecular complexity index is 1570. The van der Waals surface area contributed by atoms with Crippen LogP contribution in [0.5, 0.6) is 0 Å². The number of para-hydroxylation sites is 2. The van der Waals surface area contributed by atoms with Gasteiger partial charge in [0.2, 0.25) is 0 Å². The third kappa shape index (κ3) is 5.09. The van der Waals surface area contributed by atoms with Crippen molar-refractivity contribution in [2.24, 2.45) is 0 Å². The molecule has 0 aliphatic carbocycles. The average Bonchev–Trinajstić information content (AvgIpc) is 3.50. The lowest BCUT2D eigenvalue weighted by atomic mass is 10.1. The number of nitrogens with one attached hydrogen (secondary N) is 1. The third-order valence-electron chi connectivity index (χ3n) is 6.75. The van der Waals surface area contributed by atoms with Gasteiger partial charge in [0.1, 0.15) is 23.0 Å². The standard InChI is InChI=1S/C25H29N7O4S/c1-16-25(28-20-6-4-3-5-19(20)26-16)21-13-23-29-22(31-10-7-18(15-31)36-37(2,33)34)14-24(32(23)30-21)27-17-8-11-35-12-9-17/h3-6,13-14,17-18,27H,7-12,15H2,1-2H3/t18-/m0/s1. The van der Waals surface area contributed by atoms with Gasteiger partial charge in [0, 0.05) is 44.5 Å². The van der Waals surface area contributed by atoms with E-state index in [1.807, 2.05) is 47.8 Å². The minimum Gasteiger partial charge on any atom is -0.381 e. The number of nitrogens with zero attached hydrogens (tertiary/aromatic N) is 6. The van der Waals surface area contributed by atoms with E-state index < -0.39 is 16.2 Å². The highest BCUT2D eigenvalue weighted by Gasteiger charge is 2.28. The summed E-state index contributed by atoms with van der Waals surface area (Å²) in [4.78, 5) is 16.5. The van der Waals surface area contributed by atoms with Gasteiger partial charge in [0.05, 0.1) is 29.1 Å². The fourth-order valence-corrected chi connectivity index (χ4v) is 5.64. The van der Waals surface area contributed by atoms with Crippen molar-refractivity contribution in [3.63, 3.8) is 0 Å². The molecule has 1 N–H and O–H groups in total. The largest absolute Gasteiger partial charge is 0.381 e. The minimum absolute atomic E-state index is 0.252. The highest BCUT2D eigenvalue weighted by molar-refractivity contribution is 7.86. The third-order valence-corrected chi connectivity index (χ3v) is 7.38. The molecule has 1 aromatic carbocycles. The predicted molar refractivity (Wildman–Crippen MR) is 140 cm³/mol. The van der Waals surface area contributed by atoms with E-state index in [9.17, 15) is 8.42 Å². The normalized spacial score (nSPS) is 19.2. The summed E-state index contributed by atoms with van der Waals surface area (Å²) in [5.74, 6) is 1.56. The maximum Gasteiger partial charge on any atom is 0.264 e. The summed E-state index contributed by atoms with van der Waals surface area (Å²) < 4.78 is 35.8. The van der Waals surface area contributed by atoms with Gasteiger partial charge in [0.15, 0.2) is 5.65 Å². The molecular formula is C25H29N7O4S. The van der Waals surface area contributed by atoms with E-state index in [0.29, 0.717) is 49.8 Å². The van der Waals surface area contributed by atoms with Gasteiger partial charge in [0.25, 0.3) is 10.1 Å². The second kappa shape index (κ2) is 9.51. The minimum atomic E-state index is -3.52. The lowest BCUT2D eigenvalue weighted by Gasteiger charge is -2.25. The molecule has 2 aliphatic heterocycles. The molecule has 2 aliphatic rings. The molecule has 5 heterocycles. The molecule has 0 radical (unpaired) electrons. The van der Waals surface area contributed by atoms with Crippen molar-refractivity contribution in [3.05, 3.63) is 42.1 Å². The molecule has 0 saturated carbocycles. The van der Waals surface area contributed by atoms with Crippen molar-refractivity contribution >= 4 is 38.4 Å². The van der Waals surface area contributed by atoms with E-state index >= 15 is 0 Å². The lowest BCUT2D eigenvalue weighted by molar-refractivity contribution is 0.0903. The van der Waals surface area contributed by atoms with Crippen molar-refractivity contribution in [2.75, 3.05) is 42.8 Å². The Morgan fingerprint density at radius 3 is 2.57 bits per heavy atom. The summed E-state index contributed by atoms with van der Waals surface area (Å²) in [6, 6.07) is 11.9. The monoisotopic (exact) mass is 523 g/mol. The molecule has 4 aromatic rings. The average molecular weight is 524 g/mol. The van der Waals surface area contributed by atoms with E-state index in [0.717, 1.165) is 47.5 Å². The number of aromatic nitrogens is 5. The Kier molecular flexibility index (Phi) is 6.17. The summed E-state index contributed by atoms with van der Waals surface area (Å²) in [6.07, 6.45) is 3.10. The molecule has 1 atom stereocenters. The van der Waals surface area contributed by atoms with E-state index in [4.69, 9.17) is 29.0 Å². The first kappa shape index (κ1) is 24.0. The summed E-state index contributed by atoms with van der Waals surface area (Å²) >= 11 is 0. The molecule has 0 spiro atoms. The first-order chi connectivity index (χ1) is 17.8. The number of rotatable bonds is 6. The summed E-state index contributed by atoms with van der Waals surface area (Å²) in [5, 5.41) is 8.52. The van der Waals surface area contributed by atoms with Crippen LogP contribution in [0.25, 0.3) is 28.1 Å². The smallest absolute Gasteiger partial charge is 0.264 e. The Balaban J connectivity index is 1.40. The van der Waals surface area contributed by atoms with Crippen LogP contribution in [0.2, 0.25) is 0 Å². The molecule has 0 bridgehead atoms. The molecule has 0 amide bonds. The molecule has 11 nitrogen and oxygen atoms in total. The molecule has 3 aromatic heterocycles. The molecule has 37 heavy (non-hydrogen) atoms. The van der Waals surface area contributed by atoms with Crippen molar-refractivity contribution in [1.82, 2.24) is 24.6 Å². The van der Waals surface area contributed by atoms with Gasteiger partial charge in [-0.2, -0.15) is 18.0 Å². The molecular weight excluding hydrogens is 494 g/mol. The topological polar surface area (TPSA) is 124 Å². The number of anilines is 2. The molecule has 2 saturated heterocycles. The van der Waals surface area contributed by atoms with Crippen LogP contribution in [-0.4, -0.2) is 77.7 Å². The number of fused-ring (bicyclic) bond motifs is 2. The number of hydrogen-bond donors (Lipinski definition) is 1. The number of aryl methyl sites for hydroxylation is 1. The predicted octanol–water partition coefficient (Wildman–Crippen LogP) is 2.79. The van der Waals surface area contributed by atoms with Crippen LogP contribution in [0.4, 0.5) is 11.6 Å². The second-order valence-corrected chi connectivity index (χ2v) is 11.2. The first-order valence-corrected chi connectivity index (χ1v) is 14.3. The highest BCUT2D eigenvalue weighted by atomic mass is 32.2. The van der Waals surface area contributed by atoms with E-state index in [1.165, 1.54) is 0 Å². The molecule has 6 rings (SSSR count). The molecule has 194 valence electrons. The summed E-state index contributed by atoms with van der Waals surface area (Å²) in [5.41, 5.74) is 4.52. The van der Waals surface area contributed by atoms with Crippen molar-refractivity contribution < 1.29 is 17.3 Å². The van der Waals surface area contributed by atoms with E-state index in [1.54, 1.807) is 0 Å². The van der Waals surface area contributed by atoms with Gasteiger partial charge in [-0.25, -0.2) is 15.0 Å². The van der Waals surface area contributed by atoms with Crippen LogP contribution in [0.15, 0.2) is 36.4 Å². The van der Waals surface area contributed by atoms with Gasteiger partial charge < -0.3 is 15.0 Å². The van der Waals surface area contributed by atoms with Crippen molar-refractivity contribution in [2.45, 2.75) is 38.3 Å². The van der Waals surface area contributed by atoms with Gasteiger partial charge in [-0.15, -0.1) is 0 Å². The van der Waals surface area contributed by atoms with Crippen molar-refractivity contribution in [3.8, 4) is 11.4 Å². The van der Waals surface area contributed by atoms with Crippen LogP contribution >= 0.6 is 0 Å². The second-order valence-electron chi connectivity index (χ2n) is 9.63. The lowest BCUT2D eigenvalue weighted by Crippen LogP contribution is -2.29. The molecule has 2 fully saturated rings. The SMILES string of the molecule is Cc1nc2ccccc2nc1-c1cc2nc(N3CC[C@H](OS(C)(=O)=O)C3)cc(NC3CCOCC3)n2n1. The van der Waals surface area contributed by atoms with E-state index in [-0.39, 0.29) is 6.04 Å². The van der Waals surface area contributed by atoms with Crippen LogP contribution in [-0.2, 0) is 19.0 Å². The number of ether oxygens (including phenoxy) is 1. The number of benzene rings is 1. The number of hydrogen-bond acceptors (Lipinski definition) is 10. The fraction of sp³-hybridized carbons (Fsp3) is 0.440. The van der Waals surface area contributed by atoms with Gasteiger partial charge in [-0.3, -0.25) is 4.18 Å². The Labute approximate surface area is 215 Å². The van der Waals surface area contributed by atoms with Gasteiger partial charge in [-0.1, -0.05) is 12.1 Å². The zero-order chi connectivity index (χ0) is 25.6. The Hall–Kier alpha value is -3.35. The van der Waals surface area contributed by atoms with E-state index in [2.05, 4.69) is 10.2 Å². The molecule has 0 unspecified atom stereocenters. The Morgan fingerprint density at radius 2 is 1.81 bits per heavy atom. The van der Waals surface area contributed by atoms with Crippen LogP contribution in [0, 0.1) is 6.92 Å². The zero-order valence-electron chi connectivity index (χ0n) is 20.8. The van der Waals surface area contributed by atoms with Gasteiger partial charge >= 0.3 is 0 Å². The highest BCUT2D eigenvalue weighted by Crippen LogP contribution is 2.29. The summed E-state index contributed by atoms with van der Waals surface area (Å²) in [7, 11) is -3.52. The fourth-order valence-electron chi connectivity index (χ4n) is 4.99. The summed E-state index contributed by atoms with van der Waals surface area (Å²) in [6.45, 7) is 4.46. The zero-order valence-corrected chi connectivity index (χ0v) is 21.6. The van der Waals surface area contributed by atoms with Gasteiger partial charge in [-0.05, 0) is 38.3 Å². The van der Waals surface area contributed by atoms with Crippen LogP contribution in [0.3, 0.4) is 0 Å². The van der Waals surface area contributed by atoms with Crippen LogP contribution in [0.1, 0.15) is 25.0 Å². The van der Waals surface area contributed by atoms with Crippen molar-refractivity contribution in [1.29, 1.82) is 0 Å². The molecule has 12 heteroatoms. The van der Waals surface area contributed by atoms with Crippen LogP contribution < -0.4 is 10.2 Å². The Morgan fingerprint density at radius 1 is 1.05 bits per heavy atom. The maximum atomic E-state index is 11.6.